The van der Waals surface area contributed by atoms with Crippen molar-refractivity contribution in [3.05, 3.63) is 66.0 Å². The highest BCUT2D eigenvalue weighted by molar-refractivity contribution is 7.92. The smallest absolute Gasteiger partial charge is 0.261 e. The fourth-order valence-corrected chi connectivity index (χ4v) is 3.33. The largest absolute Gasteiger partial charge is 0.287 e. The molecule has 0 heterocycles. The van der Waals surface area contributed by atoms with Crippen LogP contribution in [0.4, 0.5) is 10.1 Å². The van der Waals surface area contributed by atoms with Gasteiger partial charge in [0.25, 0.3) is 10.0 Å². The lowest BCUT2D eigenvalue weighted by Gasteiger charge is -2.19. The molecular formula is C18H19FN2O3S2. The zero-order valence-corrected chi connectivity index (χ0v) is 15.9. The number of rotatable bonds is 6. The number of hydroxylamine groups is 2. The van der Waals surface area contributed by atoms with Crippen LogP contribution in [0.5, 0.6) is 0 Å². The first-order valence-electron chi connectivity index (χ1n) is 7.74. The molecule has 2 aromatic carbocycles. The summed E-state index contributed by atoms with van der Waals surface area (Å²) < 4.78 is 39.9. The molecule has 0 aliphatic rings. The zero-order valence-electron chi connectivity index (χ0n) is 14.3. The summed E-state index contributed by atoms with van der Waals surface area (Å²) in [5.41, 5.74) is 1.22. The molecule has 0 radical (unpaired) electrons. The summed E-state index contributed by atoms with van der Waals surface area (Å²) in [4.78, 5) is 0.350. The first-order valence-corrected chi connectivity index (χ1v) is 9.63. The standard InChI is InChI=1S/C18H19FN2O3S2/c1-13(21(22)14(2)25)3-4-15-5-9-17(10-6-15)20-26(23,24)18-11-7-16(19)8-12-18/h3-13,20,22H,1-2H3. The predicted molar refractivity (Wildman–Crippen MR) is 104 cm³/mol. The summed E-state index contributed by atoms with van der Waals surface area (Å²) in [6.07, 6.45) is 3.57. The van der Waals surface area contributed by atoms with Crippen LogP contribution in [-0.4, -0.2) is 29.7 Å². The van der Waals surface area contributed by atoms with E-state index in [0.717, 1.165) is 22.8 Å². The molecule has 1 atom stereocenters. The van der Waals surface area contributed by atoms with E-state index in [-0.39, 0.29) is 10.9 Å². The average molecular weight is 394 g/mol. The van der Waals surface area contributed by atoms with Gasteiger partial charge in [0.1, 0.15) is 10.8 Å². The molecule has 8 heteroatoms. The second-order valence-corrected chi connectivity index (χ2v) is 7.92. The van der Waals surface area contributed by atoms with Gasteiger partial charge in [-0.25, -0.2) is 17.9 Å². The Morgan fingerprint density at radius 3 is 2.31 bits per heavy atom. The number of nitrogens with zero attached hydrogens (tertiary/aromatic N) is 1. The van der Waals surface area contributed by atoms with E-state index in [1.54, 1.807) is 50.3 Å². The average Bonchev–Trinajstić information content (AvgIpc) is 2.60. The maximum atomic E-state index is 12.9. The molecule has 0 aromatic heterocycles. The van der Waals surface area contributed by atoms with Crippen molar-refractivity contribution in [2.45, 2.75) is 24.8 Å². The third-order valence-corrected chi connectivity index (χ3v) is 5.15. The van der Waals surface area contributed by atoms with Gasteiger partial charge in [0.05, 0.1) is 10.9 Å². The lowest BCUT2D eigenvalue weighted by molar-refractivity contribution is -0.0305. The van der Waals surface area contributed by atoms with Crippen molar-refractivity contribution in [1.82, 2.24) is 5.06 Å². The lowest BCUT2D eigenvalue weighted by Crippen LogP contribution is -2.31. The molecule has 26 heavy (non-hydrogen) atoms. The van der Waals surface area contributed by atoms with Gasteiger partial charge in [-0.2, -0.15) is 0 Å². The minimum atomic E-state index is -3.78. The quantitative estimate of drug-likeness (QED) is 0.571. The van der Waals surface area contributed by atoms with Crippen LogP contribution < -0.4 is 4.72 Å². The number of hydrogen-bond acceptors (Lipinski definition) is 4. The summed E-state index contributed by atoms with van der Waals surface area (Å²) in [5.74, 6) is -0.500. The maximum absolute atomic E-state index is 12.9. The van der Waals surface area contributed by atoms with Crippen LogP contribution >= 0.6 is 12.2 Å². The molecule has 0 spiro atoms. The van der Waals surface area contributed by atoms with Crippen LogP contribution in [-0.2, 0) is 10.0 Å². The molecule has 1 unspecified atom stereocenters. The molecule has 0 aliphatic heterocycles. The Morgan fingerprint density at radius 1 is 1.19 bits per heavy atom. The first-order chi connectivity index (χ1) is 12.2. The normalized spacial score (nSPS) is 12.8. The Morgan fingerprint density at radius 2 is 1.77 bits per heavy atom. The molecule has 5 nitrogen and oxygen atoms in total. The lowest BCUT2D eigenvalue weighted by atomic mass is 10.1. The van der Waals surface area contributed by atoms with Crippen LogP contribution in [0.1, 0.15) is 19.4 Å². The van der Waals surface area contributed by atoms with Crippen molar-refractivity contribution in [2.24, 2.45) is 0 Å². The van der Waals surface area contributed by atoms with Gasteiger partial charge in [-0.3, -0.25) is 9.93 Å². The molecule has 0 bridgehead atoms. The molecule has 0 saturated carbocycles. The Bertz CT molecular complexity index is 895. The van der Waals surface area contributed by atoms with Crippen molar-refractivity contribution < 1.29 is 18.0 Å². The third-order valence-electron chi connectivity index (χ3n) is 3.56. The van der Waals surface area contributed by atoms with E-state index in [0.29, 0.717) is 10.7 Å². The second kappa shape index (κ2) is 8.39. The number of thiocarbonyl (C=S) groups is 1. The fourth-order valence-electron chi connectivity index (χ4n) is 2.11. The van der Waals surface area contributed by atoms with Gasteiger partial charge in [0.15, 0.2) is 0 Å². The summed E-state index contributed by atoms with van der Waals surface area (Å²) in [6, 6.07) is 11.0. The molecule has 2 rings (SSSR count). The van der Waals surface area contributed by atoms with Gasteiger partial charge in [-0.15, -0.1) is 0 Å². The van der Waals surface area contributed by atoms with E-state index < -0.39 is 15.8 Å². The van der Waals surface area contributed by atoms with E-state index in [1.807, 2.05) is 0 Å². The van der Waals surface area contributed by atoms with Crippen molar-refractivity contribution >= 4 is 39.0 Å². The Labute approximate surface area is 157 Å². The molecule has 0 amide bonds. The maximum Gasteiger partial charge on any atom is 0.261 e. The van der Waals surface area contributed by atoms with Gasteiger partial charge in [-0.1, -0.05) is 36.5 Å². The van der Waals surface area contributed by atoms with Crippen LogP contribution in [0, 0.1) is 5.82 Å². The van der Waals surface area contributed by atoms with E-state index in [2.05, 4.69) is 4.72 Å². The molecule has 138 valence electrons. The first kappa shape index (κ1) is 20.0. The minimum absolute atomic E-state index is 0.0183. The zero-order chi connectivity index (χ0) is 19.3. The van der Waals surface area contributed by atoms with Gasteiger partial charge < -0.3 is 0 Å². The number of hydrogen-bond donors (Lipinski definition) is 2. The van der Waals surface area contributed by atoms with Gasteiger partial charge in [-0.05, 0) is 55.8 Å². The van der Waals surface area contributed by atoms with E-state index >= 15 is 0 Å². The summed E-state index contributed by atoms with van der Waals surface area (Å²) in [6.45, 7) is 3.42. The SMILES string of the molecule is CC(=S)N(O)C(C)C=Cc1ccc(NS(=O)(=O)c2ccc(F)cc2)cc1. The Hall–Kier alpha value is -2.29. The summed E-state index contributed by atoms with van der Waals surface area (Å²) >= 11 is 4.90. The summed E-state index contributed by atoms with van der Waals surface area (Å²) in [5, 5.41) is 10.7. The van der Waals surface area contributed by atoms with Crippen molar-refractivity contribution in [3.8, 4) is 0 Å². The van der Waals surface area contributed by atoms with Gasteiger partial charge in [0, 0.05) is 5.69 Å². The number of benzene rings is 2. The van der Waals surface area contributed by atoms with E-state index in [4.69, 9.17) is 12.2 Å². The fraction of sp³-hybridized carbons (Fsp3) is 0.167. The number of halogens is 1. The topological polar surface area (TPSA) is 69.6 Å². The summed E-state index contributed by atoms with van der Waals surface area (Å²) in [7, 11) is -3.78. The third kappa shape index (κ3) is 5.35. The van der Waals surface area contributed by atoms with Crippen LogP contribution in [0.3, 0.4) is 0 Å². The number of sulfonamides is 1. The van der Waals surface area contributed by atoms with Crippen molar-refractivity contribution in [3.63, 3.8) is 0 Å². The molecule has 2 aromatic rings. The van der Waals surface area contributed by atoms with Crippen molar-refractivity contribution in [1.29, 1.82) is 0 Å². The van der Waals surface area contributed by atoms with Crippen LogP contribution in [0.2, 0.25) is 0 Å². The molecule has 0 saturated heterocycles. The van der Waals surface area contributed by atoms with Crippen molar-refractivity contribution in [2.75, 3.05) is 4.72 Å². The molecule has 0 aliphatic carbocycles. The molecule has 2 N–H and O–H groups in total. The number of nitrogens with one attached hydrogen (secondary N) is 1. The molecular weight excluding hydrogens is 375 g/mol. The number of anilines is 1. The van der Waals surface area contributed by atoms with Gasteiger partial charge >= 0.3 is 0 Å². The Balaban J connectivity index is 2.07. The Kier molecular flexibility index (Phi) is 6.47. The highest BCUT2D eigenvalue weighted by atomic mass is 32.2. The monoisotopic (exact) mass is 394 g/mol. The highest BCUT2D eigenvalue weighted by Crippen LogP contribution is 2.18. The van der Waals surface area contributed by atoms with Gasteiger partial charge in [0.2, 0.25) is 0 Å². The van der Waals surface area contributed by atoms with Crippen LogP contribution in [0.25, 0.3) is 6.08 Å². The van der Waals surface area contributed by atoms with Crippen LogP contribution in [0.15, 0.2) is 59.5 Å². The second-order valence-electron chi connectivity index (χ2n) is 5.64. The minimum Gasteiger partial charge on any atom is -0.287 e. The van der Waals surface area contributed by atoms with E-state index in [9.17, 15) is 18.0 Å². The predicted octanol–water partition coefficient (Wildman–Crippen LogP) is 4.07. The highest BCUT2D eigenvalue weighted by Gasteiger charge is 2.14. The molecule has 0 fully saturated rings. The van der Waals surface area contributed by atoms with E-state index in [1.165, 1.54) is 12.1 Å².